The molecule has 0 aliphatic carbocycles. The summed E-state index contributed by atoms with van der Waals surface area (Å²) in [5.41, 5.74) is 2.97. The lowest BCUT2D eigenvalue weighted by atomic mass is 10.2. The number of oxazole rings is 1. The van der Waals surface area contributed by atoms with Crippen LogP contribution < -0.4 is 5.32 Å². The van der Waals surface area contributed by atoms with Crippen molar-refractivity contribution in [1.82, 2.24) is 9.88 Å². The van der Waals surface area contributed by atoms with Gasteiger partial charge in [-0.1, -0.05) is 15.9 Å². The summed E-state index contributed by atoms with van der Waals surface area (Å²) in [6.45, 7) is 0.00883. The molecular formula is C21H18BrN3O5. The number of methoxy groups -OCH3 is 1. The summed E-state index contributed by atoms with van der Waals surface area (Å²) in [6.07, 6.45) is 0. The molecule has 0 atom stereocenters. The summed E-state index contributed by atoms with van der Waals surface area (Å²) in [5.74, 6) is -0.484. The van der Waals surface area contributed by atoms with E-state index >= 15 is 0 Å². The second kappa shape index (κ2) is 8.29. The van der Waals surface area contributed by atoms with Crippen LogP contribution in [0.25, 0.3) is 22.6 Å². The van der Waals surface area contributed by atoms with E-state index in [1.165, 1.54) is 12.0 Å². The molecule has 1 aromatic heterocycles. The highest BCUT2D eigenvalue weighted by molar-refractivity contribution is 9.10. The van der Waals surface area contributed by atoms with Gasteiger partial charge < -0.3 is 24.5 Å². The molecule has 0 saturated heterocycles. The van der Waals surface area contributed by atoms with Gasteiger partial charge in [-0.2, -0.15) is 0 Å². The van der Waals surface area contributed by atoms with Crippen molar-refractivity contribution in [2.24, 2.45) is 0 Å². The zero-order valence-electron chi connectivity index (χ0n) is 16.0. The minimum atomic E-state index is -0.591. The highest BCUT2D eigenvalue weighted by atomic mass is 79.9. The molecule has 1 aliphatic heterocycles. The number of benzene rings is 2. The van der Waals surface area contributed by atoms with Gasteiger partial charge in [-0.15, -0.1) is 0 Å². The number of anilines is 1. The van der Waals surface area contributed by atoms with Gasteiger partial charge in [0.1, 0.15) is 11.2 Å². The predicted octanol–water partition coefficient (Wildman–Crippen LogP) is 2.93. The lowest BCUT2D eigenvalue weighted by Crippen LogP contribution is -2.31. The number of aliphatic hydroxyl groups excluding tert-OH is 1. The highest BCUT2D eigenvalue weighted by Gasteiger charge is 2.34. The number of carbonyl (C=O) groups is 2. The first kappa shape index (κ1) is 20.1. The van der Waals surface area contributed by atoms with Gasteiger partial charge in [0, 0.05) is 22.3 Å². The van der Waals surface area contributed by atoms with E-state index in [0.717, 1.165) is 10.0 Å². The first-order valence-corrected chi connectivity index (χ1v) is 9.94. The van der Waals surface area contributed by atoms with Crippen LogP contribution >= 0.6 is 15.9 Å². The van der Waals surface area contributed by atoms with Crippen molar-refractivity contribution in [3.63, 3.8) is 0 Å². The number of rotatable bonds is 6. The molecule has 0 fully saturated rings. The highest BCUT2D eigenvalue weighted by Crippen LogP contribution is 2.29. The van der Waals surface area contributed by atoms with Crippen LogP contribution in [0.15, 0.2) is 62.6 Å². The Bertz CT molecular complexity index is 1150. The predicted molar refractivity (Wildman–Crippen MR) is 113 cm³/mol. The fourth-order valence-electron chi connectivity index (χ4n) is 3.21. The zero-order valence-corrected chi connectivity index (χ0v) is 17.6. The number of esters is 1. The number of carbonyl (C=O) groups excluding carboxylic acids is 2. The topological polar surface area (TPSA) is 105 Å². The minimum absolute atomic E-state index is 0.0777. The molecule has 2 aromatic carbocycles. The molecule has 0 bridgehead atoms. The Morgan fingerprint density at radius 3 is 2.77 bits per heavy atom. The lowest BCUT2D eigenvalue weighted by molar-refractivity contribution is -0.136. The zero-order chi connectivity index (χ0) is 21.3. The summed E-state index contributed by atoms with van der Waals surface area (Å²) >= 11 is 3.40. The minimum Gasteiger partial charge on any atom is -0.466 e. The Balaban J connectivity index is 1.64. The van der Waals surface area contributed by atoms with E-state index in [9.17, 15) is 9.59 Å². The average molecular weight is 472 g/mol. The van der Waals surface area contributed by atoms with Gasteiger partial charge in [-0.05, 0) is 42.5 Å². The van der Waals surface area contributed by atoms with Crippen molar-refractivity contribution in [1.29, 1.82) is 0 Å². The summed E-state index contributed by atoms with van der Waals surface area (Å²) in [5, 5.41) is 12.2. The molecule has 0 saturated carbocycles. The number of halogens is 1. The number of nitrogens with one attached hydrogen (secondary N) is 1. The first-order chi connectivity index (χ1) is 14.5. The molecule has 154 valence electrons. The van der Waals surface area contributed by atoms with E-state index in [1.54, 1.807) is 18.2 Å². The van der Waals surface area contributed by atoms with E-state index in [-0.39, 0.29) is 36.9 Å². The Labute approximate surface area is 180 Å². The third kappa shape index (κ3) is 3.81. The second-order valence-electron chi connectivity index (χ2n) is 6.63. The maximum absolute atomic E-state index is 12.7. The Hall–Kier alpha value is -3.17. The Morgan fingerprint density at radius 2 is 2.07 bits per heavy atom. The molecule has 8 nitrogen and oxygen atoms in total. The van der Waals surface area contributed by atoms with Crippen molar-refractivity contribution in [3.05, 3.63) is 58.2 Å². The van der Waals surface area contributed by atoms with Crippen LogP contribution in [-0.4, -0.2) is 53.7 Å². The largest absolute Gasteiger partial charge is 0.466 e. The van der Waals surface area contributed by atoms with Crippen LogP contribution in [-0.2, 0) is 14.3 Å². The van der Waals surface area contributed by atoms with Crippen LogP contribution in [0.5, 0.6) is 0 Å². The number of fused-ring (bicyclic) bond motifs is 1. The van der Waals surface area contributed by atoms with Gasteiger partial charge in [0.15, 0.2) is 5.58 Å². The summed E-state index contributed by atoms with van der Waals surface area (Å²) in [6, 6.07) is 12.8. The number of ether oxygens (including phenoxy) is 1. The van der Waals surface area contributed by atoms with Gasteiger partial charge in [0.25, 0.3) is 5.91 Å². The van der Waals surface area contributed by atoms with E-state index in [4.69, 9.17) is 14.3 Å². The normalized spacial score (nSPS) is 14.0. The molecule has 1 amide bonds. The van der Waals surface area contributed by atoms with Crippen LogP contribution in [0, 0.1) is 0 Å². The van der Waals surface area contributed by atoms with Gasteiger partial charge in [-0.3, -0.25) is 4.79 Å². The molecule has 0 unspecified atom stereocenters. The SMILES string of the molecule is COC(=O)C1=C(Nc2ccc3oc(-c4ccc(Br)cc4)nc3c2)C(=O)N(CCO)C1. The van der Waals surface area contributed by atoms with Crippen molar-refractivity contribution in [3.8, 4) is 11.5 Å². The monoisotopic (exact) mass is 471 g/mol. The third-order valence-electron chi connectivity index (χ3n) is 4.70. The van der Waals surface area contributed by atoms with Gasteiger partial charge >= 0.3 is 5.97 Å². The summed E-state index contributed by atoms with van der Waals surface area (Å²) < 4.78 is 11.6. The van der Waals surface area contributed by atoms with Crippen LogP contribution in [0.2, 0.25) is 0 Å². The molecule has 2 heterocycles. The number of nitrogens with zero attached hydrogens (tertiary/aromatic N) is 2. The smallest absolute Gasteiger partial charge is 0.337 e. The molecule has 9 heteroatoms. The van der Waals surface area contributed by atoms with Gasteiger partial charge in [-0.25, -0.2) is 9.78 Å². The average Bonchev–Trinajstić information content (AvgIpc) is 3.30. The lowest BCUT2D eigenvalue weighted by Gasteiger charge is -2.14. The standard InChI is InChI=1S/C21H18BrN3O5/c1-29-21(28)15-11-25(8-9-26)20(27)18(15)23-14-6-7-17-16(10-14)24-19(30-17)12-2-4-13(22)5-3-12/h2-7,10,23,26H,8-9,11H2,1H3. The van der Waals surface area contributed by atoms with Crippen LogP contribution in [0.4, 0.5) is 5.69 Å². The van der Waals surface area contributed by atoms with E-state index in [1.807, 2.05) is 24.3 Å². The maximum atomic E-state index is 12.7. The maximum Gasteiger partial charge on any atom is 0.337 e. The number of aliphatic hydroxyl groups is 1. The van der Waals surface area contributed by atoms with E-state index < -0.39 is 5.97 Å². The summed E-state index contributed by atoms with van der Waals surface area (Å²) in [4.78, 5) is 30.7. The first-order valence-electron chi connectivity index (χ1n) is 9.15. The molecule has 0 spiro atoms. The Morgan fingerprint density at radius 1 is 1.30 bits per heavy atom. The van der Waals surface area contributed by atoms with Crippen LogP contribution in [0.3, 0.4) is 0 Å². The van der Waals surface area contributed by atoms with Crippen molar-refractivity contribution >= 4 is 44.6 Å². The molecule has 0 radical (unpaired) electrons. The molecule has 2 N–H and O–H groups in total. The quantitative estimate of drug-likeness (QED) is 0.532. The molecule has 3 aromatic rings. The van der Waals surface area contributed by atoms with E-state index in [0.29, 0.717) is 22.7 Å². The number of aromatic nitrogens is 1. The number of hydrogen-bond donors (Lipinski definition) is 2. The van der Waals surface area contributed by atoms with Crippen molar-refractivity contribution in [2.75, 3.05) is 32.1 Å². The number of hydrogen-bond acceptors (Lipinski definition) is 7. The molecular weight excluding hydrogens is 454 g/mol. The van der Waals surface area contributed by atoms with Gasteiger partial charge in [0.05, 0.1) is 25.8 Å². The van der Waals surface area contributed by atoms with Crippen LogP contribution in [0.1, 0.15) is 0 Å². The summed E-state index contributed by atoms with van der Waals surface area (Å²) in [7, 11) is 1.26. The van der Waals surface area contributed by atoms with Gasteiger partial charge in [0.2, 0.25) is 5.89 Å². The third-order valence-corrected chi connectivity index (χ3v) is 5.23. The van der Waals surface area contributed by atoms with Crippen molar-refractivity contribution in [2.45, 2.75) is 0 Å². The molecule has 1 aliphatic rings. The molecule has 30 heavy (non-hydrogen) atoms. The van der Waals surface area contributed by atoms with E-state index in [2.05, 4.69) is 26.2 Å². The number of β-amino-alcohol motifs (C(OH)–C–C–N with tert-alkyl or cyclic N) is 1. The number of amides is 1. The fourth-order valence-corrected chi connectivity index (χ4v) is 3.48. The Kier molecular flexibility index (Phi) is 5.56. The molecule has 4 rings (SSSR count). The second-order valence-corrected chi connectivity index (χ2v) is 7.54. The fraction of sp³-hybridized carbons (Fsp3) is 0.190. The van der Waals surface area contributed by atoms with Crippen molar-refractivity contribution < 1.29 is 23.8 Å².